The second kappa shape index (κ2) is 5.84. The molecule has 0 aliphatic carbocycles. The van der Waals surface area contributed by atoms with E-state index in [1.54, 1.807) is 10.4 Å². The summed E-state index contributed by atoms with van der Waals surface area (Å²) in [5, 5.41) is 0. The van der Waals surface area contributed by atoms with Gasteiger partial charge in [-0.2, -0.15) is 4.31 Å². The van der Waals surface area contributed by atoms with Gasteiger partial charge in [-0.1, -0.05) is 24.1 Å². The van der Waals surface area contributed by atoms with Crippen LogP contribution < -0.4 is 5.73 Å². The van der Waals surface area contributed by atoms with Crippen LogP contribution in [0.5, 0.6) is 0 Å². The lowest BCUT2D eigenvalue weighted by Gasteiger charge is -2.37. The third kappa shape index (κ3) is 2.90. The van der Waals surface area contributed by atoms with Crippen LogP contribution in [-0.4, -0.2) is 31.4 Å². The van der Waals surface area contributed by atoms with Gasteiger partial charge in [0.15, 0.2) is 0 Å². The molecule has 0 radical (unpaired) electrons. The number of nitrogens with two attached hydrogens (primary N) is 1. The Balaban J connectivity index is 2.42. The Morgan fingerprint density at radius 1 is 1.30 bits per heavy atom. The van der Waals surface area contributed by atoms with E-state index in [2.05, 4.69) is 0 Å². The van der Waals surface area contributed by atoms with Crippen molar-refractivity contribution < 1.29 is 8.42 Å². The molecule has 2 N–H and O–H groups in total. The molecule has 1 fully saturated rings. The SMILES string of the molecule is Cc1ccc(S(=O)(=O)N2CCCCC2C(C)N)c(C)c1. The van der Waals surface area contributed by atoms with E-state index in [1.165, 1.54) is 0 Å². The molecule has 4 nitrogen and oxygen atoms in total. The fourth-order valence-corrected chi connectivity index (χ4v) is 4.95. The van der Waals surface area contributed by atoms with Gasteiger partial charge in [0.2, 0.25) is 10.0 Å². The van der Waals surface area contributed by atoms with Crippen molar-refractivity contribution in [2.45, 2.75) is 57.0 Å². The summed E-state index contributed by atoms with van der Waals surface area (Å²) in [4.78, 5) is 0.413. The lowest BCUT2D eigenvalue weighted by Crippen LogP contribution is -2.51. The topological polar surface area (TPSA) is 63.4 Å². The molecule has 1 aromatic carbocycles. The van der Waals surface area contributed by atoms with Crippen molar-refractivity contribution in [1.29, 1.82) is 0 Å². The molecule has 1 heterocycles. The van der Waals surface area contributed by atoms with Crippen molar-refractivity contribution in [2.24, 2.45) is 5.73 Å². The van der Waals surface area contributed by atoms with Crippen LogP contribution in [0, 0.1) is 13.8 Å². The summed E-state index contributed by atoms with van der Waals surface area (Å²) in [6, 6.07) is 5.25. The minimum Gasteiger partial charge on any atom is -0.326 e. The quantitative estimate of drug-likeness (QED) is 0.930. The molecular weight excluding hydrogens is 272 g/mol. The first-order chi connectivity index (χ1) is 9.34. The second-order valence-corrected chi connectivity index (χ2v) is 7.67. The first-order valence-corrected chi connectivity index (χ1v) is 8.62. The van der Waals surface area contributed by atoms with Crippen molar-refractivity contribution in [2.75, 3.05) is 6.54 Å². The zero-order valence-electron chi connectivity index (χ0n) is 12.5. The van der Waals surface area contributed by atoms with Crippen molar-refractivity contribution in [3.05, 3.63) is 29.3 Å². The highest BCUT2D eigenvalue weighted by molar-refractivity contribution is 7.89. The third-order valence-electron chi connectivity index (χ3n) is 4.02. The van der Waals surface area contributed by atoms with Crippen LogP contribution in [0.25, 0.3) is 0 Å². The average molecular weight is 296 g/mol. The van der Waals surface area contributed by atoms with E-state index in [0.29, 0.717) is 11.4 Å². The monoisotopic (exact) mass is 296 g/mol. The molecule has 1 aromatic rings. The van der Waals surface area contributed by atoms with E-state index in [9.17, 15) is 8.42 Å². The Bertz CT molecular complexity index is 582. The number of benzene rings is 1. The molecule has 5 heteroatoms. The Labute approximate surface area is 122 Å². The molecule has 1 aliphatic heterocycles. The van der Waals surface area contributed by atoms with Crippen LogP contribution in [0.15, 0.2) is 23.1 Å². The number of sulfonamides is 1. The molecule has 0 saturated carbocycles. The molecule has 2 rings (SSSR count). The zero-order chi connectivity index (χ0) is 14.9. The number of nitrogens with zero attached hydrogens (tertiary/aromatic N) is 1. The van der Waals surface area contributed by atoms with Gasteiger partial charge in [-0.05, 0) is 45.2 Å². The molecular formula is C15H24N2O2S. The van der Waals surface area contributed by atoms with Crippen molar-refractivity contribution in [3.63, 3.8) is 0 Å². The smallest absolute Gasteiger partial charge is 0.243 e. The number of piperidine rings is 1. The largest absolute Gasteiger partial charge is 0.326 e. The molecule has 1 saturated heterocycles. The zero-order valence-corrected chi connectivity index (χ0v) is 13.3. The first-order valence-electron chi connectivity index (χ1n) is 7.18. The summed E-state index contributed by atoms with van der Waals surface area (Å²) in [7, 11) is -3.45. The highest BCUT2D eigenvalue weighted by Gasteiger charge is 2.35. The third-order valence-corrected chi connectivity index (χ3v) is 6.11. The van der Waals surface area contributed by atoms with E-state index in [0.717, 1.165) is 30.4 Å². The lowest BCUT2D eigenvalue weighted by molar-refractivity contribution is 0.227. The molecule has 0 bridgehead atoms. The van der Waals surface area contributed by atoms with E-state index >= 15 is 0 Å². The van der Waals surface area contributed by atoms with Gasteiger partial charge in [-0.15, -0.1) is 0 Å². The van der Waals surface area contributed by atoms with Crippen LogP contribution >= 0.6 is 0 Å². The average Bonchev–Trinajstić information content (AvgIpc) is 2.38. The van der Waals surface area contributed by atoms with E-state index in [1.807, 2.05) is 32.9 Å². The minimum atomic E-state index is -3.45. The summed E-state index contributed by atoms with van der Waals surface area (Å²) in [5.74, 6) is 0. The fraction of sp³-hybridized carbons (Fsp3) is 0.600. The molecule has 0 amide bonds. The van der Waals surface area contributed by atoms with Gasteiger partial charge in [0, 0.05) is 18.6 Å². The Hall–Kier alpha value is -0.910. The van der Waals surface area contributed by atoms with Crippen LogP contribution in [0.3, 0.4) is 0 Å². The van der Waals surface area contributed by atoms with Crippen molar-refractivity contribution in [1.82, 2.24) is 4.31 Å². The molecule has 2 atom stereocenters. The minimum absolute atomic E-state index is 0.0885. The lowest BCUT2D eigenvalue weighted by atomic mass is 10.00. The number of hydrogen-bond donors (Lipinski definition) is 1. The molecule has 2 unspecified atom stereocenters. The van der Waals surface area contributed by atoms with Crippen LogP contribution in [-0.2, 0) is 10.0 Å². The molecule has 1 aliphatic rings. The Morgan fingerprint density at radius 3 is 2.60 bits per heavy atom. The maximum absolute atomic E-state index is 12.9. The van der Waals surface area contributed by atoms with E-state index in [4.69, 9.17) is 5.73 Å². The number of hydrogen-bond acceptors (Lipinski definition) is 3. The second-order valence-electron chi connectivity index (χ2n) is 5.81. The van der Waals surface area contributed by atoms with Crippen LogP contribution in [0.4, 0.5) is 0 Å². The van der Waals surface area contributed by atoms with Gasteiger partial charge >= 0.3 is 0 Å². The van der Waals surface area contributed by atoms with Gasteiger partial charge in [0.25, 0.3) is 0 Å². The van der Waals surface area contributed by atoms with Gasteiger partial charge < -0.3 is 5.73 Å². The number of aryl methyl sites for hydroxylation is 2. The molecule has 0 aromatic heterocycles. The van der Waals surface area contributed by atoms with Gasteiger partial charge in [0.1, 0.15) is 0 Å². The highest BCUT2D eigenvalue weighted by Crippen LogP contribution is 2.28. The van der Waals surface area contributed by atoms with Crippen LogP contribution in [0.1, 0.15) is 37.3 Å². The summed E-state index contributed by atoms with van der Waals surface area (Å²) in [6.45, 7) is 6.28. The summed E-state index contributed by atoms with van der Waals surface area (Å²) in [6.07, 6.45) is 2.81. The normalized spacial score (nSPS) is 22.7. The van der Waals surface area contributed by atoms with Crippen molar-refractivity contribution >= 4 is 10.0 Å². The first kappa shape index (κ1) is 15.5. The Morgan fingerprint density at radius 2 is 2.00 bits per heavy atom. The summed E-state index contributed by atoms with van der Waals surface area (Å²) < 4.78 is 27.4. The van der Waals surface area contributed by atoms with Crippen molar-refractivity contribution in [3.8, 4) is 0 Å². The van der Waals surface area contributed by atoms with Crippen LogP contribution in [0.2, 0.25) is 0 Å². The van der Waals surface area contributed by atoms with E-state index in [-0.39, 0.29) is 12.1 Å². The summed E-state index contributed by atoms with van der Waals surface area (Å²) in [5.41, 5.74) is 7.87. The highest BCUT2D eigenvalue weighted by atomic mass is 32.2. The molecule has 0 spiro atoms. The predicted octanol–water partition coefficient (Wildman–Crippen LogP) is 2.19. The van der Waals surface area contributed by atoms with Gasteiger partial charge in [0.05, 0.1) is 4.90 Å². The van der Waals surface area contributed by atoms with E-state index < -0.39 is 10.0 Å². The standard InChI is InChI=1S/C15H24N2O2S/c1-11-7-8-15(12(2)10-11)20(18,19)17-9-5-4-6-14(17)13(3)16/h7-8,10,13-14H,4-6,9,16H2,1-3H3. The maximum atomic E-state index is 12.9. The summed E-state index contributed by atoms with van der Waals surface area (Å²) >= 11 is 0. The fourth-order valence-electron chi connectivity index (χ4n) is 2.97. The number of rotatable bonds is 3. The van der Waals surface area contributed by atoms with Gasteiger partial charge in [-0.3, -0.25) is 0 Å². The van der Waals surface area contributed by atoms with Gasteiger partial charge in [-0.25, -0.2) is 8.42 Å². The maximum Gasteiger partial charge on any atom is 0.243 e. The molecule has 112 valence electrons. The Kier molecular flexibility index (Phi) is 4.52. The predicted molar refractivity (Wildman–Crippen MR) is 81.1 cm³/mol. The molecule has 20 heavy (non-hydrogen) atoms.